The Morgan fingerprint density at radius 3 is 2.67 bits per heavy atom. The van der Waals surface area contributed by atoms with Crippen molar-refractivity contribution in [2.75, 3.05) is 37.0 Å². The first kappa shape index (κ1) is 14.7. The second-order valence-corrected chi connectivity index (χ2v) is 4.29. The summed E-state index contributed by atoms with van der Waals surface area (Å²) < 4.78 is 5.22. The van der Waals surface area contributed by atoms with Gasteiger partial charge in [-0.05, 0) is 27.7 Å². The first-order valence-corrected chi connectivity index (χ1v) is 6.46. The summed E-state index contributed by atoms with van der Waals surface area (Å²) in [6.07, 6.45) is 1.61. The highest BCUT2D eigenvalue weighted by molar-refractivity contribution is 5.58. The summed E-state index contributed by atoms with van der Waals surface area (Å²) in [5.41, 5.74) is 1.09. The van der Waals surface area contributed by atoms with E-state index in [4.69, 9.17) is 4.74 Å². The number of anilines is 2. The molecule has 0 aliphatic carbocycles. The minimum atomic E-state index is 0.295. The van der Waals surface area contributed by atoms with Crippen LogP contribution in [0.5, 0.6) is 0 Å². The summed E-state index contributed by atoms with van der Waals surface area (Å²) in [5.74, 6) is 1.89. The predicted octanol–water partition coefficient (Wildman–Crippen LogP) is 2.08. The highest BCUT2D eigenvalue weighted by Gasteiger charge is 2.17. The van der Waals surface area contributed by atoms with Gasteiger partial charge in [-0.2, -0.15) is 0 Å². The zero-order chi connectivity index (χ0) is 13.5. The number of aromatic nitrogens is 2. The van der Waals surface area contributed by atoms with Crippen molar-refractivity contribution in [3.05, 3.63) is 11.9 Å². The molecule has 18 heavy (non-hydrogen) atoms. The Kier molecular flexibility index (Phi) is 5.85. The zero-order valence-electron chi connectivity index (χ0n) is 12.0. The fraction of sp³-hybridized carbons (Fsp3) is 0.692. The lowest BCUT2D eigenvalue weighted by atomic mass is 10.2. The van der Waals surface area contributed by atoms with E-state index >= 15 is 0 Å². The summed E-state index contributed by atoms with van der Waals surface area (Å²) in [7, 11) is 1.72. The number of hydrogen-bond donors (Lipinski definition) is 1. The molecule has 1 aromatic heterocycles. The van der Waals surface area contributed by atoms with Crippen LogP contribution in [0, 0.1) is 6.92 Å². The first-order chi connectivity index (χ1) is 8.65. The van der Waals surface area contributed by atoms with Gasteiger partial charge in [-0.25, -0.2) is 9.97 Å². The minimum absolute atomic E-state index is 0.295. The lowest BCUT2D eigenvalue weighted by Crippen LogP contribution is -2.37. The van der Waals surface area contributed by atoms with Crippen LogP contribution in [-0.4, -0.2) is 42.8 Å². The van der Waals surface area contributed by atoms with Crippen molar-refractivity contribution in [1.29, 1.82) is 0 Å². The highest BCUT2D eigenvalue weighted by atomic mass is 16.5. The molecule has 0 radical (unpaired) electrons. The molecule has 0 aliphatic heterocycles. The summed E-state index contributed by atoms with van der Waals surface area (Å²) in [5, 5.41) is 3.26. The molecule has 1 N–H and O–H groups in total. The molecule has 1 unspecified atom stereocenters. The third kappa shape index (κ3) is 3.32. The molecule has 0 amide bonds. The zero-order valence-corrected chi connectivity index (χ0v) is 12.0. The fourth-order valence-electron chi connectivity index (χ4n) is 2.08. The van der Waals surface area contributed by atoms with Crippen LogP contribution in [0.3, 0.4) is 0 Å². The van der Waals surface area contributed by atoms with Crippen LogP contribution in [-0.2, 0) is 4.74 Å². The van der Waals surface area contributed by atoms with Crippen molar-refractivity contribution in [3.63, 3.8) is 0 Å². The van der Waals surface area contributed by atoms with Crippen molar-refractivity contribution in [1.82, 2.24) is 9.97 Å². The van der Waals surface area contributed by atoms with Crippen molar-refractivity contribution in [2.45, 2.75) is 33.7 Å². The van der Waals surface area contributed by atoms with Crippen molar-refractivity contribution in [3.8, 4) is 0 Å². The van der Waals surface area contributed by atoms with Gasteiger partial charge >= 0.3 is 0 Å². The van der Waals surface area contributed by atoms with Crippen LogP contribution >= 0.6 is 0 Å². The number of methoxy groups -OCH3 is 1. The lowest BCUT2D eigenvalue weighted by molar-refractivity contribution is 0.181. The van der Waals surface area contributed by atoms with Crippen molar-refractivity contribution < 1.29 is 4.74 Å². The van der Waals surface area contributed by atoms with E-state index in [0.29, 0.717) is 12.6 Å². The fourth-order valence-corrected chi connectivity index (χ4v) is 2.08. The molecule has 0 aromatic carbocycles. The van der Waals surface area contributed by atoms with Crippen molar-refractivity contribution in [2.24, 2.45) is 0 Å². The summed E-state index contributed by atoms with van der Waals surface area (Å²) >= 11 is 0. The second-order valence-electron chi connectivity index (χ2n) is 4.29. The standard InChI is InChI=1S/C13H24N4O/c1-6-14-12-11(4)13(16-9-15-12)17(7-2)10(3)8-18-5/h9-10H,6-8H2,1-5H3,(H,14,15,16). The second kappa shape index (κ2) is 7.16. The van der Waals surface area contributed by atoms with Crippen LogP contribution in [0.2, 0.25) is 0 Å². The summed E-state index contributed by atoms with van der Waals surface area (Å²) in [6, 6.07) is 0.295. The Labute approximate surface area is 110 Å². The molecule has 0 saturated carbocycles. The molecule has 0 bridgehead atoms. The SMILES string of the molecule is CCNc1ncnc(N(CC)C(C)COC)c1C. The number of rotatable bonds is 7. The molecule has 0 aliphatic rings. The van der Waals surface area contributed by atoms with E-state index in [1.165, 1.54) is 0 Å². The van der Waals surface area contributed by atoms with Gasteiger partial charge in [-0.1, -0.05) is 0 Å². The molecule has 1 rings (SSSR count). The van der Waals surface area contributed by atoms with Crippen LogP contribution < -0.4 is 10.2 Å². The Hall–Kier alpha value is -1.36. The van der Waals surface area contributed by atoms with E-state index < -0.39 is 0 Å². The topological polar surface area (TPSA) is 50.3 Å². The summed E-state index contributed by atoms with van der Waals surface area (Å²) in [6.45, 7) is 10.8. The molecule has 102 valence electrons. The monoisotopic (exact) mass is 252 g/mol. The van der Waals surface area contributed by atoms with E-state index in [-0.39, 0.29) is 0 Å². The smallest absolute Gasteiger partial charge is 0.137 e. The van der Waals surface area contributed by atoms with Gasteiger partial charge in [0.2, 0.25) is 0 Å². The van der Waals surface area contributed by atoms with Gasteiger partial charge in [-0.15, -0.1) is 0 Å². The normalized spacial score (nSPS) is 12.3. The molecule has 1 heterocycles. The Balaban J connectivity index is 3.01. The van der Waals surface area contributed by atoms with Gasteiger partial charge in [0.15, 0.2) is 0 Å². The Morgan fingerprint density at radius 2 is 2.11 bits per heavy atom. The minimum Gasteiger partial charge on any atom is -0.383 e. The number of likely N-dealkylation sites (N-methyl/N-ethyl adjacent to an activating group) is 1. The van der Waals surface area contributed by atoms with Gasteiger partial charge in [-0.3, -0.25) is 0 Å². The van der Waals surface area contributed by atoms with Crippen LogP contribution in [0.1, 0.15) is 26.3 Å². The number of hydrogen-bond acceptors (Lipinski definition) is 5. The molecule has 1 aromatic rings. The van der Waals surface area contributed by atoms with Gasteiger partial charge in [0.05, 0.1) is 12.6 Å². The van der Waals surface area contributed by atoms with E-state index in [0.717, 1.165) is 30.3 Å². The van der Waals surface area contributed by atoms with E-state index in [9.17, 15) is 0 Å². The molecule has 5 heteroatoms. The van der Waals surface area contributed by atoms with Gasteiger partial charge in [0.25, 0.3) is 0 Å². The maximum Gasteiger partial charge on any atom is 0.137 e. The first-order valence-electron chi connectivity index (χ1n) is 6.46. The number of nitrogens with zero attached hydrogens (tertiary/aromatic N) is 3. The van der Waals surface area contributed by atoms with Gasteiger partial charge in [0, 0.05) is 25.8 Å². The lowest BCUT2D eigenvalue weighted by Gasteiger charge is -2.30. The van der Waals surface area contributed by atoms with E-state index in [1.807, 2.05) is 0 Å². The highest BCUT2D eigenvalue weighted by Crippen LogP contribution is 2.23. The predicted molar refractivity (Wildman–Crippen MR) is 75.3 cm³/mol. The largest absolute Gasteiger partial charge is 0.383 e. The molecular weight excluding hydrogens is 228 g/mol. The average Bonchev–Trinajstić information content (AvgIpc) is 2.35. The maximum absolute atomic E-state index is 5.22. The Morgan fingerprint density at radius 1 is 1.39 bits per heavy atom. The Bertz CT molecular complexity index is 370. The van der Waals surface area contributed by atoms with Crippen LogP contribution in [0.15, 0.2) is 6.33 Å². The third-order valence-electron chi connectivity index (χ3n) is 2.95. The molecule has 5 nitrogen and oxygen atoms in total. The average molecular weight is 252 g/mol. The quantitative estimate of drug-likeness (QED) is 0.805. The summed E-state index contributed by atoms with van der Waals surface area (Å²) in [4.78, 5) is 10.9. The molecule has 0 fully saturated rings. The van der Waals surface area contributed by atoms with E-state index in [2.05, 4.69) is 47.9 Å². The van der Waals surface area contributed by atoms with E-state index in [1.54, 1.807) is 13.4 Å². The molecule has 1 atom stereocenters. The van der Waals surface area contributed by atoms with Crippen LogP contribution in [0.25, 0.3) is 0 Å². The van der Waals surface area contributed by atoms with Crippen molar-refractivity contribution >= 4 is 11.6 Å². The van der Waals surface area contributed by atoms with Crippen LogP contribution in [0.4, 0.5) is 11.6 Å². The van der Waals surface area contributed by atoms with Gasteiger partial charge < -0.3 is 15.0 Å². The molecule has 0 spiro atoms. The third-order valence-corrected chi connectivity index (χ3v) is 2.95. The number of nitrogens with one attached hydrogen (secondary N) is 1. The number of ether oxygens (including phenoxy) is 1. The van der Waals surface area contributed by atoms with Gasteiger partial charge in [0.1, 0.15) is 18.0 Å². The molecule has 0 saturated heterocycles. The maximum atomic E-state index is 5.22. The molecular formula is C13H24N4O.